The summed E-state index contributed by atoms with van der Waals surface area (Å²) in [4.78, 5) is 10.3. The molecule has 0 N–H and O–H groups in total. The summed E-state index contributed by atoms with van der Waals surface area (Å²) >= 11 is 0. The molecule has 18 heteroatoms. The third-order valence-corrected chi connectivity index (χ3v) is 3.26. The van der Waals surface area contributed by atoms with Gasteiger partial charge in [0.05, 0.1) is 6.42 Å². The molecule has 0 aromatic heterocycles. The second-order valence-corrected chi connectivity index (χ2v) is 5.53. The number of carbonyl (C=O) groups is 1. The minimum absolute atomic E-state index is 0.00703. The lowest BCUT2D eigenvalue weighted by Gasteiger charge is -2.42. The molecule has 0 saturated heterocycles. The molecule has 1 nitrogen and oxygen atoms in total. The number of Topliss-reactive ketones (excluding diaryl/α,β-unsaturated/α-hetero) is 1. The highest BCUT2D eigenvalue weighted by Crippen LogP contribution is 2.64. The zero-order chi connectivity index (χ0) is 24.3. The van der Waals surface area contributed by atoms with Crippen LogP contribution in [0, 0.1) is 0 Å². The van der Waals surface area contributed by atoms with Gasteiger partial charge in [0.25, 0.3) is 0 Å². The maximum Gasteiger partial charge on any atom is 0.460 e. The van der Waals surface area contributed by atoms with Crippen molar-refractivity contribution < 1.29 is 79.4 Å². The topological polar surface area (TPSA) is 17.1 Å². The Balaban J connectivity index is 6.69. The van der Waals surface area contributed by atoms with E-state index < -0.39 is 59.8 Å². The Morgan fingerprint density at radius 3 is 0.966 bits per heavy atom. The first-order valence-corrected chi connectivity index (χ1v) is 6.37. The number of ketones is 1. The van der Waals surface area contributed by atoms with Crippen molar-refractivity contribution in [2.75, 3.05) is 0 Å². The molecule has 0 atom stereocenters. The predicted octanol–water partition coefficient (Wildman–Crippen LogP) is 5.97. The maximum atomic E-state index is 13.2. The Labute approximate surface area is 147 Å². The number of rotatable bonds is 8. The van der Waals surface area contributed by atoms with Crippen LogP contribution in [0.3, 0.4) is 0 Å². The lowest BCUT2D eigenvalue weighted by atomic mass is 9.88. The highest BCUT2D eigenvalue weighted by atomic mass is 19.4. The van der Waals surface area contributed by atoms with Gasteiger partial charge in [-0.05, 0) is 6.92 Å². The predicted molar refractivity (Wildman–Crippen MR) is 56.0 cm³/mol. The molecule has 0 fully saturated rings. The SMILES string of the molecule is CC(=O)CC(F)(F)C(F)(F)C(F)(F)C(F)(F)C(F)(F)C(F)(F)C(F)(F)C(F)(F)F. The molecular formula is C11H5F17O. The molecule has 0 unspecified atom stereocenters. The molecule has 0 amide bonds. The van der Waals surface area contributed by atoms with E-state index in [1.54, 1.807) is 0 Å². The zero-order valence-electron chi connectivity index (χ0n) is 13.0. The molecule has 0 bridgehead atoms. The van der Waals surface area contributed by atoms with E-state index in [1.807, 2.05) is 0 Å². The van der Waals surface area contributed by atoms with Crippen LogP contribution in [0.4, 0.5) is 74.6 Å². The lowest BCUT2D eigenvalue weighted by Crippen LogP contribution is -2.74. The molecule has 0 radical (unpaired) electrons. The summed E-state index contributed by atoms with van der Waals surface area (Å²) in [5.41, 5.74) is 0. The Bertz CT molecular complexity index is 628. The minimum atomic E-state index is -8.65. The maximum absolute atomic E-state index is 13.2. The highest BCUT2D eigenvalue weighted by Gasteiger charge is 2.95. The van der Waals surface area contributed by atoms with Crippen LogP contribution in [-0.2, 0) is 4.79 Å². The van der Waals surface area contributed by atoms with Crippen LogP contribution in [-0.4, -0.2) is 53.4 Å². The van der Waals surface area contributed by atoms with Gasteiger partial charge in [-0.1, -0.05) is 0 Å². The first kappa shape index (κ1) is 27.5. The van der Waals surface area contributed by atoms with Gasteiger partial charge in [-0.25, -0.2) is 0 Å². The van der Waals surface area contributed by atoms with Crippen molar-refractivity contribution in [3.05, 3.63) is 0 Å². The largest absolute Gasteiger partial charge is 0.460 e. The van der Waals surface area contributed by atoms with Crippen LogP contribution in [0.25, 0.3) is 0 Å². The Morgan fingerprint density at radius 2 is 0.724 bits per heavy atom. The third-order valence-electron chi connectivity index (χ3n) is 3.26. The second-order valence-electron chi connectivity index (χ2n) is 5.53. The molecule has 0 spiro atoms. The van der Waals surface area contributed by atoms with E-state index >= 15 is 0 Å². The van der Waals surface area contributed by atoms with Gasteiger partial charge in [-0.2, -0.15) is 74.6 Å². The fourth-order valence-electron chi connectivity index (χ4n) is 1.62. The van der Waals surface area contributed by atoms with Crippen molar-refractivity contribution in [2.24, 2.45) is 0 Å². The first-order chi connectivity index (χ1) is 12.2. The minimum Gasteiger partial charge on any atom is -0.300 e. The quantitative estimate of drug-likeness (QED) is 0.395. The summed E-state index contributed by atoms with van der Waals surface area (Å²) in [5, 5.41) is 0. The number of hydrogen-bond donors (Lipinski definition) is 0. The summed E-state index contributed by atoms with van der Waals surface area (Å²) in [7, 11) is 0. The van der Waals surface area contributed by atoms with Crippen molar-refractivity contribution in [1.82, 2.24) is 0 Å². The molecule has 174 valence electrons. The van der Waals surface area contributed by atoms with Crippen LogP contribution in [0.15, 0.2) is 0 Å². The normalized spacial score (nSPS) is 16.2. The highest BCUT2D eigenvalue weighted by molar-refractivity contribution is 5.76. The van der Waals surface area contributed by atoms with E-state index in [9.17, 15) is 79.4 Å². The number of carbonyl (C=O) groups excluding carboxylic acids is 1. The van der Waals surface area contributed by atoms with E-state index in [2.05, 4.69) is 0 Å². The molecule has 0 aliphatic carbocycles. The van der Waals surface area contributed by atoms with Crippen LogP contribution < -0.4 is 0 Å². The van der Waals surface area contributed by atoms with Gasteiger partial charge in [-0.15, -0.1) is 0 Å². The van der Waals surface area contributed by atoms with Crippen molar-refractivity contribution in [3.8, 4) is 0 Å². The fraction of sp³-hybridized carbons (Fsp3) is 0.909. The number of alkyl halides is 17. The number of halogens is 17. The van der Waals surface area contributed by atoms with Crippen molar-refractivity contribution in [3.63, 3.8) is 0 Å². The lowest BCUT2D eigenvalue weighted by molar-refractivity contribution is -0.461. The third kappa shape index (κ3) is 3.59. The van der Waals surface area contributed by atoms with Gasteiger partial charge in [0.1, 0.15) is 5.78 Å². The molecule has 0 heterocycles. The van der Waals surface area contributed by atoms with E-state index in [0.717, 1.165) is 0 Å². The van der Waals surface area contributed by atoms with Gasteiger partial charge in [0, 0.05) is 0 Å². The summed E-state index contributed by atoms with van der Waals surface area (Å²) in [5.74, 6) is -58.9. The van der Waals surface area contributed by atoms with Gasteiger partial charge >= 0.3 is 47.6 Å². The van der Waals surface area contributed by atoms with E-state index in [4.69, 9.17) is 0 Å². The van der Waals surface area contributed by atoms with E-state index in [0.29, 0.717) is 0 Å². The summed E-state index contributed by atoms with van der Waals surface area (Å²) < 4.78 is 218. The van der Waals surface area contributed by atoms with Crippen molar-refractivity contribution in [2.45, 2.75) is 61.0 Å². The molecule has 0 aliphatic heterocycles. The van der Waals surface area contributed by atoms with Crippen LogP contribution in [0.2, 0.25) is 0 Å². The average Bonchev–Trinajstić information content (AvgIpc) is 2.43. The van der Waals surface area contributed by atoms with E-state index in [1.165, 1.54) is 0 Å². The Hall–Kier alpha value is -1.52. The fourth-order valence-corrected chi connectivity index (χ4v) is 1.62. The first-order valence-electron chi connectivity index (χ1n) is 6.37. The van der Waals surface area contributed by atoms with Crippen LogP contribution >= 0.6 is 0 Å². The standard InChI is InChI=1S/C11H5F17O/c1-3(29)2-4(12,13)5(14,15)6(16,17)7(18,19)8(20,21)9(22,23)10(24,25)11(26,27)28/h2H2,1H3. The Morgan fingerprint density at radius 1 is 0.483 bits per heavy atom. The number of hydrogen-bond acceptors (Lipinski definition) is 1. The monoisotopic (exact) mass is 476 g/mol. The molecule has 0 aromatic rings. The van der Waals surface area contributed by atoms with Crippen molar-refractivity contribution in [1.29, 1.82) is 0 Å². The summed E-state index contributed by atoms with van der Waals surface area (Å²) in [6.45, 7) is -0.00703. The van der Waals surface area contributed by atoms with Crippen LogP contribution in [0.5, 0.6) is 0 Å². The average molecular weight is 476 g/mol. The second kappa shape index (κ2) is 6.75. The van der Waals surface area contributed by atoms with E-state index in [-0.39, 0.29) is 6.92 Å². The smallest absolute Gasteiger partial charge is 0.300 e. The van der Waals surface area contributed by atoms with Gasteiger partial charge < -0.3 is 0 Å². The van der Waals surface area contributed by atoms with Gasteiger partial charge in [0.2, 0.25) is 0 Å². The van der Waals surface area contributed by atoms with Gasteiger partial charge in [0.15, 0.2) is 0 Å². The Kier molecular flexibility index (Phi) is 6.39. The van der Waals surface area contributed by atoms with Crippen molar-refractivity contribution >= 4 is 5.78 Å². The molecule has 0 rings (SSSR count). The molecule has 0 aliphatic rings. The summed E-state index contributed by atoms with van der Waals surface area (Å²) in [6.07, 6.45) is -10.8. The summed E-state index contributed by atoms with van der Waals surface area (Å²) in [6, 6.07) is 0. The molecule has 29 heavy (non-hydrogen) atoms. The molecule has 0 aromatic carbocycles. The zero-order valence-corrected chi connectivity index (χ0v) is 13.0. The van der Waals surface area contributed by atoms with Gasteiger partial charge in [-0.3, -0.25) is 4.79 Å². The molecule has 0 saturated carbocycles. The van der Waals surface area contributed by atoms with Crippen LogP contribution in [0.1, 0.15) is 13.3 Å². The molecular weight excluding hydrogens is 471 g/mol.